The minimum Gasteiger partial charge on any atom is -0.382 e. The van der Waals surface area contributed by atoms with Gasteiger partial charge in [-0.05, 0) is 33.2 Å². The van der Waals surface area contributed by atoms with Gasteiger partial charge in [0.15, 0.2) is 0 Å². The van der Waals surface area contributed by atoms with Crippen LogP contribution in [0.4, 0.5) is 0 Å². The summed E-state index contributed by atoms with van der Waals surface area (Å²) < 4.78 is 38.2. The van der Waals surface area contributed by atoms with Gasteiger partial charge in [0.25, 0.3) is 0 Å². The number of hydrogen-bond acceptors (Lipinski definition) is 7. The van der Waals surface area contributed by atoms with E-state index in [9.17, 15) is 0 Å². The van der Waals surface area contributed by atoms with Gasteiger partial charge in [-0.1, -0.05) is 48.5 Å². The highest BCUT2D eigenvalue weighted by molar-refractivity contribution is 6.02. The highest BCUT2D eigenvalue weighted by Crippen LogP contribution is 2.28. The number of methoxy groups -OCH3 is 1. The number of benzene rings is 3. The lowest BCUT2D eigenvalue weighted by Gasteiger charge is -2.12. The molecule has 7 heteroatoms. The third-order valence-electron chi connectivity index (χ3n) is 5.42. The quantitative estimate of drug-likeness (QED) is 0.175. The second-order valence-corrected chi connectivity index (χ2v) is 7.90. The monoisotopic (exact) mass is 486 g/mol. The molecule has 0 spiro atoms. The molecule has 0 aliphatic carbocycles. The summed E-state index contributed by atoms with van der Waals surface area (Å²) in [6, 6.07) is 19.1. The van der Waals surface area contributed by atoms with E-state index in [-0.39, 0.29) is 0 Å². The van der Waals surface area contributed by atoms with Crippen molar-refractivity contribution in [3.8, 4) is 0 Å². The Kier molecular flexibility index (Phi) is 13.6. The largest absolute Gasteiger partial charge is 0.382 e. The zero-order chi connectivity index (χ0) is 24.4. The molecule has 3 aromatic carbocycles. The van der Waals surface area contributed by atoms with E-state index in [1.54, 1.807) is 7.11 Å². The first-order valence-corrected chi connectivity index (χ1v) is 12.2. The Morgan fingerprint density at radius 3 is 1.26 bits per heavy atom. The van der Waals surface area contributed by atoms with Crippen LogP contribution in [0, 0.1) is 0 Å². The number of hydrogen-bond donors (Lipinski definition) is 0. The fraction of sp³-hybridized carbons (Fsp3) is 0.500. The standard InChI is InChI=1S/C28H38O7/c1-29-10-11-30-12-13-31-14-15-32-16-17-33-18-19-34-20-21-35-23-28-26-8-4-2-6-24(26)22-25-7-3-5-9-27(25)28/h2-9,22H,10-21,23H2,1H3. The first-order valence-electron chi connectivity index (χ1n) is 12.2. The van der Waals surface area contributed by atoms with Crippen molar-refractivity contribution in [1.29, 1.82) is 0 Å². The smallest absolute Gasteiger partial charge is 0.0730 e. The molecule has 0 aliphatic heterocycles. The third-order valence-corrected chi connectivity index (χ3v) is 5.42. The van der Waals surface area contributed by atoms with Gasteiger partial charge in [0.1, 0.15) is 0 Å². The molecule has 3 aromatic rings. The van der Waals surface area contributed by atoms with Crippen molar-refractivity contribution in [3.63, 3.8) is 0 Å². The van der Waals surface area contributed by atoms with E-state index < -0.39 is 0 Å². The molecule has 0 saturated heterocycles. The number of rotatable bonds is 20. The summed E-state index contributed by atoms with van der Waals surface area (Å²) in [5, 5.41) is 4.94. The summed E-state index contributed by atoms with van der Waals surface area (Å²) in [6.07, 6.45) is 0. The lowest BCUT2D eigenvalue weighted by molar-refractivity contribution is -0.0198. The van der Waals surface area contributed by atoms with Gasteiger partial charge in [0.05, 0.1) is 85.9 Å². The summed E-state index contributed by atoms with van der Waals surface area (Å²) in [5.41, 5.74) is 1.22. The second kappa shape index (κ2) is 17.3. The first kappa shape index (κ1) is 27.5. The topological polar surface area (TPSA) is 64.6 Å². The average Bonchev–Trinajstić information content (AvgIpc) is 2.89. The predicted octanol–water partition coefficient (Wildman–Crippen LogP) is 4.24. The van der Waals surface area contributed by atoms with Crippen LogP contribution in [-0.4, -0.2) is 86.4 Å². The van der Waals surface area contributed by atoms with Crippen LogP contribution in [-0.2, 0) is 39.8 Å². The maximum Gasteiger partial charge on any atom is 0.0730 e. The Balaban J connectivity index is 1.17. The van der Waals surface area contributed by atoms with Crippen LogP contribution in [0.15, 0.2) is 54.6 Å². The highest BCUT2D eigenvalue weighted by atomic mass is 16.6. The summed E-state index contributed by atoms with van der Waals surface area (Å²) in [7, 11) is 1.65. The molecular formula is C28H38O7. The van der Waals surface area contributed by atoms with Crippen molar-refractivity contribution < 1.29 is 33.2 Å². The minimum absolute atomic E-state index is 0.534. The SMILES string of the molecule is COCCOCCOCCOCCOCCOCCOCc1c2ccccc2cc2ccccc12. The van der Waals surface area contributed by atoms with Gasteiger partial charge in [-0.2, -0.15) is 0 Å². The molecule has 0 aliphatic rings. The van der Waals surface area contributed by atoms with Crippen LogP contribution in [0.1, 0.15) is 5.56 Å². The molecule has 3 rings (SSSR count). The highest BCUT2D eigenvalue weighted by Gasteiger charge is 2.07. The van der Waals surface area contributed by atoms with Crippen molar-refractivity contribution in [3.05, 3.63) is 60.2 Å². The van der Waals surface area contributed by atoms with E-state index in [0.717, 1.165) is 0 Å². The average molecular weight is 487 g/mol. The second-order valence-electron chi connectivity index (χ2n) is 7.90. The molecule has 0 N–H and O–H groups in total. The van der Waals surface area contributed by atoms with Crippen LogP contribution in [0.25, 0.3) is 21.5 Å². The van der Waals surface area contributed by atoms with Crippen LogP contribution in [0.5, 0.6) is 0 Å². The Bertz CT molecular complexity index is 908. The van der Waals surface area contributed by atoms with Crippen LogP contribution in [0.2, 0.25) is 0 Å². The summed E-state index contributed by atoms with van der Waals surface area (Å²) in [5.74, 6) is 0. The van der Waals surface area contributed by atoms with Crippen molar-refractivity contribution in [2.24, 2.45) is 0 Å². The number of ether oxygens (including phenoxy) is 7. The van der Waals surface area contributed by atoms with E-state index in [0.29, 0.717) is 85.9 Å². The fourth-order valence-electron chi connectivity index (χ4n) is 3.68. The van der Waals surface area contributed by atoms with Crippen LogP contribution >= 0.6 is 0 Å². The molecule has 0 heterocycles. The van der Waals surface area contributed by atoms with E-state index >= 15 is 0 Å². The van der Waals surface area contributed by atoms with Crippen molar-refractivity contribution >= 4 is 21.5 Å². The molecule has 7 nitrogen and oxygen atoms in total. The Morgan fingerprint density at radius 1 is 0.457 bits per heavy atom. The minimum atomic E-state index is 0.534. The fourth-order valence-corrected chi connectivity index (χ4v) is 3.68. The molecule has 0 fully saturated rings. The van der Waals surface area contributed by atoms with Crippen molar-refractivity contribution in [2.75, 3.05) is 86.4 Å². The molecule has 192 valence electrons. The summed E-state index contributed by atoms with van der Waals surface area (Å²) >= 11 is 0. The Hall–Kier alpha value is -2.10. The predicted molar refractivity (Wildman–Crippen MR) is 137 cm³/mol. The molecule has 0 atom stereocenters. The molecule has 0 saturated carbocycles. The molecular weight excluding hydrogens is 448 g/mol. The molecule has 35 heavy (non-hydrogen) atoms. The van der Waals surface area contributed by atoms with Gasteiger partial charge >= 0.3 is 0 Å². The lowest BCUT2D eigenvalue weighted by atomic mass is 9.97. The van der Waals surface area contributed by atoms with Gasteiger partial charge in [0.2, 0.25) is 0 Å². The van der Waals surface area contributed by atoms with Gasteiger partial charge in [-0.15, -0.1) is 0 Å². The van der Waals surface area contributed by atoms with Crippen molar-refractivity contribution in [2.45, 2.75) is 6.61 Å². The first-order chi connectivity index (χ1) is 17.4. The van der Waals surface area contributed by atoms with Gasteiger partial charge in [-0.25, -0.2) is 0 Å². The Labute approximate surface area is 208 Å². The molecule has 0 radical (unpaired) electrons. The molecule has 0 amide bonds. The summed E-state index contributed by atoms with van der Waals surface area (Å²) in [4.78, 5) is 0. The van der Waals surface area contributed by atoms with Gasteiger partial charge in [-0.3, -0.25) is 0 Å². The summed E-state index contributed by atoms with van der Waals surface area (Å²) in [6.45, 7) is 7.19. The zero-order valence-electron chi connectivity index (χ0n) is 20.7. The van der Waals surface area contributed by atoms with Gasteiger partial charge in [0, 0.05) is 7.11 Å². The van der Waals surface area contributed by atoms with E-state index in [1.165, 1.54) is 27.1 Å². The zero-order valence-corrected chi connectivity index (χ0v) is 20.7. The lowest BCUT2D eigenvalue weighted by Crippen LogP contribution is -2.14. The maximum absolute atomic E-state index is 5.95. The van der Waals surface area contributed by atoms with E-state index in [1.807, 2.05) is 0 Å². The Morgan fingerprint density at radius 2 is 0.829 bits per heavy atom. The van der Waals surface area contributed by atoms with Crippen molar-refractivity contribution in [1.82, 2.24) is 0 Å². The molecule has 0 bridgehead atoms. The van der Waals surface area contributed by atoms with Crippen LogP contribution in [0.3, 0.4) is 0 Å². The number of fused-ring (bicyclic) bond motifs is 2. The normalized spacial score (nSPS) is 11.6. The van der Waals surface area contributed by atoms with Gasteiger partial charge < -0.3 is 33.2 Å². The van der Waals surface area contributed by atoms with Crippen LogP contribution < -0.4 is 0 Å². The molecule has 0 unspecified atom stereocenters. The molecule has 0 aromatic heterocycles. The maximum atomic E-state index is 5.95. The third kappa shape index (κ3) is 10.2. The van der Waals surface area contributed by atoms with E-state index in [2.05, 4.69) is 54.6 Å². The van der Waals surface area contributed by atoms with E-state index in [4.69, 9.17) is 33.2 Å².